The number of anilines is 1. The van der Waals surface area contributed by atoms with Crippen molar-refractivity contribution in [2.24, 2.45) is 5.73 Å². The van der Waals surface area contributed by atoms with Gasteiger partial charge in [-0.2, -0.15) is 0 Å². The van der Waals surface area contributed by atoms with Crippen molar-refractivity contribution in [1.29, 1.82) is 0 Å². The van der Waals surface area contributed by atoms with Crippen LogP contribution in [-0.2, 0) is 5.41 Å². The fourth-order valence-corrected chi connectivity index (χ4v) is 1.48. The van der Waals surface area contributed by atoms with Crippen molar-refractivity contribution in [1.82, 2.24) is 0 Å². The van der Waals surface area contributed by atoms with Gasteiger partial charge in [-0.15, -0.1) is 0 Å². The molecule has 0 fully saturated rings. The standard InChI is InChI=1S/C14H24N2/c1-5-12(15)10-16-13-8-6-11(7-9-13)14(2,3)4/h6-9,12,16H,5,10,15H2,1-4H3. The van der Waals surface area contributed by atoms with E-state index in [1.54, 1.807) is 0 Å². The minimum Gasteiger partial charge on any atom is -0.383 e. The first-order valence-corrected chi connectivity index (χ1v) is 6.03. The molecule has 1 rings (SSSR count). The summed E-state index contributed by atoms with van der Waals surface area (Å²) in [6.45, 7) is 9.62. The summed E-state index contributed by atoms with van der Waals surface area (Å²) in [5.74, 6) is 0. The Hall–Kier alpha value is -1.02. The minimum atomic E-state index is 0.221. The minimum absolute atomic E-state index is 0.221. The molecule has 0 amide bonds. The van der Waals surface area contributed by atoms with Crippen LogP contribution in [0.2, 0.25) is 0 Å². The maximum absolute atomic E-state index is 5.86. The number of benzene rings is 1. The van der Waals surface area contributed by atoms with Crippen LogP contribution in [0.25, 0.3) is 0 Å². The van der Waals surface area contributed by atoms with Crippen LogP contribution >= 0.6 is 0 Å². The van der Waals surface area contributed by atoms with E-state index < -0.39 is 0 Å². The maximum atomic E-state index is 5.86. The van der Waals surface area contributed by atoms with Gasteiger partial charge in [0.25, 0.3) is 0 Å². The second-order valence-corrected chi connectivity index (χ2v) is 5.38. The molecule has 0 radical (unpaired) electrons. The van der Waals surface area contributed by atoms with Gasteiger partial charge in [0.15, 0.2) is 0 Å². The first kappa shape index (κ1) is 13.0. The quantitative estimate of drug-likeness (QED) is 0.818. The van der Waals surface area contributed by atoms with E-state index >= 15 is 0 Å². The molecule has 1 atom stereocenters. The lowest BCUT2D eigenvalue weighted by atomic mass is 9.87. The van der Waals surface area contributed by atoms with Gasteiger partial charge in [-0.3, -0.25) is 0 Å². The third-order valence-electron chi connectivity index (χ3n) is 2.84. The molecule has 3 N–H and O–H groups in total. The largest absolute Gasteiger partial charge is 0.383 e. The zero-order chi connectivity index (χ0) is 12.2. The Morgan fingerprint density at radius 1 is 1.19 bits per heavy atom. The summed E-state index contributed by atoms with van der Waals surface area (Å²) in [7, 11) is 0. The average Bonchev–Trinajstić information content (AvgIpc) is 2.25. The molecule has 1 unspecified atom stereocenters. The highest BCUT2D eigenvalue weighted by molar-refractivity contribution is 5.45. The van der Waals surface area contributed by atoms with E-state index in [1.807, 2.05) is 0 Å². The molecule has 1 aromatic rings. The Morgan fingerprint density at radius 2 is 1.75 bits per heavy atom. The second kappa shape index (κ2) is 5.35. The molecule has 0 aliphatic carbocycles. The van der Waals surface area contributed by atoms with Crippen LogP contribution < -0.4 is 11.1 Å². The number of nitrogens with one attached hydrogen (secondary N) is 1. The van der Waals surface area contributed by atoms with Crippen molar-refractivity contribution in [3.63, 3.8) is 0 Å². The van der Waals surface area contributed by atoms with E-state index in [0.717, 1.165) is 18.7 Å². The van der Waals surface area contributed by atoms with E-state index in [0.29, 0.717) is 0 Å². The van der Waals surface area contributed by atoms with Gasteiger partial charge in [-0.1, -0.05) is 39.8 Å². The molecule has 0 aliphatic rings. The Bertz CT molecular complexity index is 309. The van der Waals surface area contributed by atoms with Crippen LogP contribution in [0.1, 0.15) is 39.7 Å². The van der Waals surface area contributed by atoms with Crippen molar-refractivity contribution in [2.75, 3.05) is 11.9 Å². The summed E-state index contributed by atoms with van der Waals surface area (Å²) in [6.07, 6.45) is 1.01. The molecule has 0 aliphatic heterocycles. The monoisotopic (exact) mass is 220 g/mol. The first-order valence-electron chi connectivity index (χ1n) is 6.03. The Balaban J connectivity index is 2.58. The van der Waals surface area contributed by atoms with Gasteiger partial charge in [0.1, 0.15) is 0 Å². The summed E-state index contributed by atoms with van der Waals surface area (Å²) < 4.78 is 0. The maximum Gasteiger partial charge on any atom is 0.0340 e. The summed E-state index contributed by atoms with van der Waals surface area (Å²) >= 11 is 0. The SMILES string of the molecule is CCC(N)CNc1ccc(C(C)(C)C)cc1. The molecule has 1 aromatic carbocycles. The number of hydrogen-bond acceptors (Lipinski definition) is 2. The topological polar surface area (TPSA) is 38.0 Å². The molecule has 0 saturated heterocycles. The van der Waals surface area contributed by atoms with Crippen molar-refractivity contribution in [3.05, 3.63) is 29.8 Å². The summed E-state index contributed by atoms with van der Waals surface area (Å²) in [5.41, 5.74) is 8.59. The zero-order valence-electron chi connectivity index (χ0n) is 10.9. The molecular weight excluding hydrogens is 196 g/mol. The number of hydrogen-bond donors (Lipinski definition) is 2. The molecule has 0 spiro atoms. The van der Waals surface area contributed by atoms with Crippen molar-refractivity contribution >= 4 is 5.69 Å². The third-order valence-corrected chi connectivity index (χ3v) is 2.84. The lowest BCUT2D eigenvalue weighted by Crippen LogP contribution is -2.28. The fourth-order valence-electron chi connectivity index (χ4n) is 1.48. The third kappa shape index (κ3) is 3.86. The summed E-state index contributed by atoms with van der Waals surface area (Å²) in [4.78, 5) is 0. The van der Waals surface area contributed by atoms with Crippen molar-refractivity contribution < 1.29 is 0 Å². The van der Waals surface area contributed by atoms with E-state index in [9.17, 15) is 0 Å². The van der Waals surface area contributed by atoms with Crippen molar-refractivity contribution in [2.45, 2.75) is 45.6 Å². The van der Waals surface area contributed by atoms with Gasteiger partial charge in [0.05, 0.1) is 0 Å². The van der Waals surface area contributed by atoms with E-state index in [2.05, 4.69) is 57.3 Å². The Labute approximate surface area is 99.2 Å². The highest BCUT2D eigenvalue weighted by atomic mass is 14.9. The molecule has 2 nitrogen and oxygen atoms in total. The molecule has 0 aromatic heterocycles. The zero-order valence-corrected chi connectivity index (χ0v) is 10.9. The molecule has 0 saturated carbocycles. The first-order chi connectivity index (χ1) is 7.43. The smallest absolute Gasteiger partial charge is 0.0340 e. The lowest BCUT2D eigenvalue weighted by molar-refractivity contribution is 0.590. The van der Waals surface area contributed by atoms with Gasteiger partial charge in [0.2, 0.25) is 0 Å². The van der Waals surface area contributed by atoms with Gasteiger partial charge in [-0.25, -0.2) is 0 Å². The Kier molecular flexibility index (Phi) is 4.36. The molecule has 2 heteroatoms. The molecule has 16 heavy (non-hydrogen) atoms. The molecule has 0 heterocycles. The lowest BCUT2D eigenvalue weighted by Gasteiger charge is -2.19. The predicted octanol–water partition coefficient (Wildman–Crippen LogP) is 3.13. The number of nitrogens with two attached hydrogens (primary N) is 1. The van der Waals surface area contributed by atoms with Crippen LogP contribution in [0, 0.1) is 0 Å². The number of rotatable bonds is 4. The van der Waals surface area contributed by atoms with Crippen LogP contribution in [0.5, 0.6) is 0 Å². The van der Waals surface area contributed by atoms with Crippen molar-refractivity contribution in [3.8, 4) is 0 Å². The summed E-state index contributed by atoms with van der Waals surface area (Å²) in [5, 5.41) is 3.35. The van der Waals surface area contributed by atoms with Crippen LogP contribution in [-0.4, -0.2) is 12.6 Å². The predicted molar refractivity (Wildman–Crippen MR) is 71.9 cm³/mol. The average molecular weight is 220 g/mol. The van der Waals surface area contributed by atoms with Gasteiger partial charge < -0.3 is 11.1 Å². The van der Waals surface area contributed by atoms with Gasteiger partial charge in [0, 0.05) is 18.3 Å². The van der Waals surface area contributed by atoms with Gasteiger partial charge in [-0.05, 0) is 29.5 Å². The van der Waals surface area contributed by atoms with Crippen LogP contribution in [0.3, 0.4) is 0 Å². The molecular formula is C14H24N2. The molecule has 0 bridgehead atoms. The van der Waals surface area contributed by atoms with Gasteiger partial charge >= 0.3 is 0 Å². The summed E-state index contributed by atoms with van der Waals surface area (Å²) in [6, 6.07) is 8.85. The fraction of sp³-hybridized carbons (Fsp3) is 0.571. The second-order valence-electron chi connectivity index (χ2n) is 5.38. The van der Waals surface area contributed by atoms with E-state index in [4.69, 9.17) is 5.73 Å². The Morgan fingerprint density at radius 3 is 2.19 bits per heavy atom. The highest BCUT2D eigenvalue weighted by Crippen LogP contribution is 2.23. The highest BCUT2D eigenvalue weighted by Gasteiger charge is 2.12. The molecule has 90 valence electrons. The van der Waals surface area contributed by atoms with Crippen LogP contribution in [0.4, 0.5) is 5.69 Å². The normalized spacial score (nSPS) is 13.6. The van der Waals surface area contributed by atoms with E-state index in [-0.39, 0.29) is 11.5 Å². The van der Waals surface area contributed by atoms with Crippen LogP contribution in [0.15, 0.2) is 24.3 Å². The van der Waals surface area contributed by atoms with E-state index in [1.165, 1.54) is 5.56 Å².